The Hall–Kier alpha value is -0.120. The Kier molecular flexibility index (Phi) is 2.26. The van der Waals surface area contributed by atoms with Crippen LogP contribution in [0.2, 0.25) is 0 Å². The van der Waals surface area contributed by atoms with Crippen LogP contribution in [0.5, 0.6) is 0 Å². The first-order chi connectivity index (χ1) is 6.86. The minimum absolute atomic E-state index is 0.581. The van der Waals surface area contributed by atoms with Crippen LogP contribution < -0.4 is 5.32 Å². The fraction of sp³-hybridized carbons (Fsp3) is 1.00. The Morgan fingerprint density at radius 2 is 2.29 bits per heavy atom. The van der Waals surface area contributed by atoms with Gasteiger partial charge in [-0.15, -0.1) is 0 Å². The number of morpholine rings is 1. The van der Waals surface area contributed by atoms with Crippen molar-refractivity contribution in [2.24, 2.45) is 5.41 Å². The molecule has 1 aliphatic carbocycles. The highest BCUT2D eigenvalue weighted by Gasteiger charge is 2.47. The average Bonchev–Trinajstić information content (AvgIpc) is 2.84. The maximum atomic E-state index is 5.47. The van der Waals surface area contributed by atoms with Crippen molar-refractivity contribution in [1.82, 2.24) is 10.2 Å². The van der Waals surface area contributed by atoms with Crippen molar-refractivity contribution in [3.8, 4) is 0 Å². The third kappa shape index (κ3) is 1.81. The summed E-state index contributed by atoms with van der Waals surface area (Å²) in [6, 6.07) is 0.581. The first kappa shape index (κ1) is 9.13. The molecule has 80 valence electrons. The van der Waals surface area contributed by atoms with Gasteiger partial charge in [0, 0.05) is 25.7 Å². The zero-order valence-corrected chi connectivity index (χ0v) is 8.80. The highest BCUT2D eigenvalue weighted by atomic mass is 16.5. The van der Waals surface area contributed by atoms with Crippen molar-refractivity contribution in [3.63, 3.8) is 0 Å². The molecule has 2 heterocycles. The van der Waals surface area contributed by atoms with Crippen LogP contribution in [-0.4, -0.2) is 50.3 Å². The molecule has 3 aliphatic rings. The van der Waals surface area contributed by atoms with Gasteiger partial charge in [0.1, 0.15) is 0 Å². The maximum absolute atomic E-state index is 5.47. The number of ether oxygens (including phenoxy) is 1. The topological polar surface area (TPSA) is 24.5 Å². The molecule has 0 aromatic heterocycles. The Balaban J connectivity index is 1.47. The van der Waals surface area contributed by atoms with Crippen molar-refractivity contribution in [2.45, 2.75) is 25.3 Å². The van der Waals surface area contributed by atoms with Crippen molar-refractivity contribution < 1.29 is 4.74 Å². The molecule has 0 aromatic carbocycles. The van der Waals surface area contributed by atoms with Gasteiger partial charge in [0.05, 0.1) is 13.2 Å². The maximum Gasteiger partial charge on any atom is 0.0632 e. The zero-order valence-electron chi connectivity index (χ0n) is 8.80. The van der Waals surface area contributed by atoms with E-state index in [9.17, 15) is 0 Å². The van der Waals surface area contributed by atoms with Gasteiger partial charge < -0.3 is 15.0 Å². The highest BCUT2D eigenvalue weighted by Crippen LogP contribution is 2.52. The first-order valence-corrected chi connectivity index (χ1v) is 5.90. The molecule has 1 N–H and O–H groups in total. The van der Waals surface area contributed by atoms with Gasteiger partial charge in [-0.1, -0.05) is 0 Å². The Morgan fingerprint density at radius 1 is 1.36 bits per heavy atom. The Bertz CT molecular complexity index is 209. The molecule has 2 aliphatic heterocycles. The predicted octanol–water partition coefficient (Wildman–Crippen LogP) is 0.461. The predicted molar refractivity (Wildman–Crippen MR) is 55.3 cm³/mol. The van der Waals surface area contributed by atoms with Crippen LogP contribution in [0.4, 0.5) is 0 Å². The lowest BCUT2D eigenvalue weighted by atomic mass is 10.1. The van der Waals surface area contributed by atoms with Crippen LogP contribution in [-0.2, 0) is 4.74 Å². The normalized spacial score (nSPS) is 36.4. The molecule has 3 heteroatoms. The second kappa shape index (κ2) is 3.47. The number of hydrogen-bond acceptors (Lipinski definition) is 3. The quantitative estimate of drug-likeness (QED) is 0.694. The molecule has 1 unspecified atom stereocenters. The molecule has 0 aromatic rings. The fourth-order valence-corrected chi connectivity index (χ4v) is 2.82. The van der Waals surface area contributed by atoms with Gasteiger partial charge >= 0.3 is 0 Å². The van der Waals surface area contributed by atoms with Gasteiger partial charge in [0.15, 0.2) is 0 Å². The number of nitrogens with one attached hydrogen (secondary N) is 1. The lowest BCUT2D eigenvalue weighted by molar-refractivity contribution is 0.0645. The van der Waals surface area contributed by atoms with E-state index in [0.717, 1.165) is 25.2 Å². The molecule has 3 fully saturated rings. The molecule has 3 nitrogen and oxygen atoms in total. The number of hydrogen-bond donors (Lipinski definition) is 1. The summed E-state index contributed by atoms with van der Waals surface area (Å²) in [5.74, 6) is 0. The molecule has 1 atom stereocenters. The SMILES string of the molecule is C1COCC(CN2CCC3(CC3)C2)N1. The molecule has 3 rings (SSSR count). The van der Waals surface area contributed by atoms with E-state index in [1.165, 1.54) is 38.9 Å². The van der Waals surface area contributed by atoms with E-state index in [1.807, 2.05) is 0 Å². The van der Waals surface area contributed by atoms with Crippen LogP contribution in [0.15, 0.2) is 0 Å². The van der Waals surface area contributed by atoms with E-state index >= 15 is 0 Å². The third-order valence-electron chi connectivity index (χ3n) is 3.95. The van der Waals surface area contributed by atoms with Crippen LogP contribution in [0.3, 0.4) is 0 Å². The van der Waals surface area contributed by atoms with E-state index < -0.39 is 0 Å². The molecular formula is C11H20N2O. The van der Waals surface area contributed by atoms with E-state index in [-0.39, 0.29) is 0 Å². The van der Waals surface area contributed by atoms with Gasteiger partial charge in [0.2, 0.25) is 0 Å². The van der Waals surface area contributed by atoms with E-state index in [0.29, 0.717) is 6.04 Å². The third-order valence-corrected chi connectivity index (χ3v) is 3.95. The van der Waals surface area contributed by atoms with Crippen LogP contribution in [0, 0.1) is 5.41 Å². The molecule has 2 saturated heterocycles. The highest BCUT2D eigenvalue weighted by molar-refractivity contribution is 5.00. The molecular weight excluding hydrogens is 176 g/mol. The molecule has 14 heavy (non-hydrogen) atoms. The summed E-state index contributed by atoms with van der Waals surface area (Å²) in [6.45, 7) is 6.69. The average molecular weight is 196 g/mol. The van der Waals surface area contributed by atoms with Gasteiger partial charge in [-0.3, -0.25) is 0 Å². The largest absolute Gasteiger partial charge is 0.378 e. The van der Waals surface area contributed by atoms with Crippen molar-refractivity contribution in [3.05, 3.63) is 0 Å². The van der Waals surface area contributed by atoms with Crippen LogP contribution in [0.1, 0.15) is 19.3 Å². The van der Waals surface area contributed by atoms with Crippen molar-refractivity contribution in [2.75, 3.05) is 39.4 Å². The second-order valence-electron chi connectivity index (χ2n) is 5.21. The monoisotopic (exact) mass is 196 g/mol. The molecule has 0 radical (unpaired) electrons. The summed E-state index contributed by atoms with van der Waals surface area (Å²) in [6.07, 6.45) is 4.41. The minimum Gasteiger partial charge on any atom is -0.378 e. The summed E-state index contributed by atoms with van der Waals surface area (Å²) in [4.78, 5) is 2.62. The van der Waals surface area contributed by atoms with Gasteiger partial charge in [-0.25, -0.2) is 0 Å². The number of nitrogens with zero attached hydrogens (tertiary/aromatic N) is 1. The molecule has 0 bridgehead atoms. The molecule has 1 saturated carbocycles. The van der Waals surface area contributed by atoms with Crippen molar-refractivity contribution >= 4 is 0 Å². The lowest BCUT2D eigenvalue weighted by Crippen LogP contribution is -2.48. The molecule has 1 spiro atoms. The number of rotatable bonds is 2. The summed E-state index contributed by atoms with van der Waals surface area (Å²) < 4.78 is 5.47. The van der Waals surface area contributed by atoms with Gasteiger partial charge in [-0.2, -0.15) is 0 Å². The Morgan fingerprint density at radius 3 is 2.93 bits per heavy atom. The van der Waals surface area contributed by atoms with E-state index in [2.05, 4.69) is 10.2 Å². The summed E-state index contributed by atoms with van der Waals surface area (Å²) in [5.41, 5.74) is 0.773. The lowest BCUT2D eigenvalue weighted by Gasteiger charge is -2.28. The first-order valence-electron chi connectivity index (χ1n) is 5.90. The van der Waals surface area contributed by atoms with Crippen LogP contribution >= 0.6 is 0 Å². The zero-order chi connectivity index (χ0) is 9.43. The van der Waals surface area contributed by atoms with E-state index in [4.69, 9.17) is 4.74 Å². The van der Waals surface area contributed by atoms with Gasteiger partial charge in [0.25, 0.3) is 0 Å². The van der Waals surface area contributed by atoms with Crippen LogP contribution in [0.25, 0.3) is 0 Å². The minimum atomic E-state index is 0.581. The summed E-state index contributed by atoms with van der Waals surface area (Å²) in [5, 5.41) is 3.53. The van der Waals surface area contributed by atoms with E-state index in [1.54, 1.807) is 0 Å². The van der Waals surface area contributed by atoms with Gasteiger partial charge in [-0.05, 0) is 31.2 Å². The Labute approximate surface area is 85.8 Å². The number of likely N-dealkylation sites (tertiary alicyclic amines) is 1. The van der Waals surface area contributed by atoms with Crippen molar-refractivity contribution in [1.29, 1.82) is 0 Å². The smallest absolute Gasteiger partial charge is 0.0632 e. The fourth-order valence-electron chi connectivity index (χ4n) is 2.82. The standard InChI is InChI=1S/C11H20N2O/c1-2-11(1)3-5-13(9-11)7-10-8-14-6-4-12-10/h10,12H,1-9H2. The summed E-state index contributed by atoms with van der Waals surface area (Å²) >= 11 is 0. The second-order valence-corrected chi connectivity index (χ2v) is 5.21. The molecule has 0 amide bonds. The summed E-state index contributed by atoms with van der Waals surface area (Å²) in [7, 11) is 0.